The fourth-order valence-electron chi connectivity index (χ4n) is 3.48. The number of nitrogens with zero attached hydrogens (tertiary/aromatic N) is 3. The fourth-order valence-corrected chi connectivity index (χ4v) is 4.33. The highest BCUT2D eigenvalue weighted by atomic mass is 32.1. The predicted molar refractivity (Wildman–Crippen MR) is 123 cm³/mol. The van der Waals surface area contributed by atoms with Gasteiger partial charge in [0, 0.05) is 30.6 Å². The van der Waals surface area contributed by atoms with Crippen molar-refractivity contribution in [2.75, 3.05) is 13.7 Å². The summed E-state index contributed by atoms with van der Waals surface area (Å²) in [6.07, 6.45) is 1.40. The number of aromatic nitrogens is 2. The molecule has 1 aliphatic heterocycles. The molecule has 4 rings (SSSR count). The number of hydrogen-bond donors (Lipinski definition) is 1. The Balaban J connectivity index is 1.58. The van der Waals surface area contributed by atoms with Gasteiger partial charge in [0.05, 0.1) is 12.7 Å². The van der Waals surface area contributed by atoms with E-state index in [0.717, 1.165) is 17.5 Å². The average Bonchev–Trinajstić information content (AvgIpc) is 3.44. The van der Waals surface area contributed by atoms with Gasteiger partial charge in [0.25, 0.3) is 0 Å². The van der Waals surface area contributed by atoms with Crippen LogP contribution in [0, 0.1) is 0 Å². The van der Waals surface area contributed by atoms with Crippen molar-refractivity contribution in [2.45, 2.75) is 38.8 Å². The summed E-state index contributed by atoms with van der Waals surface area (Å²) < 4.78 is 11.0. The first kappa shape index (κ1) is 22.9. The second-order valence-corrected chi connectivity index (χ2v) is 9.31. The van der Waals surface area contributed by atoms with Gasteiger partial charge in [-0.3, -0.25) is 4.79 Å². The molecule has 1 amide bonds. The van der Waals surface area contributed by atoms with Crippen molar-refractivity contribution < 1.29 is 24.2 Å². The van der Waals surface area contributed by atoms with Crippen LogP contribution in [-0.4, -0.2) is 45.7 Å². The first-order valence-corrected chi connectivity index (χ1v) is 11.4. The lowest BCUT2D eigenvalue weighted by molar-refractivity contribution is -0.128. The van der Waals surface area contributed by atoms with Crippen LogP contribution >= 0.6 is 11.3 Å². The van der Waals surface area contributed by atoms with Gasteiger partial charge in [-0.25, -0.2) is 4.79 Å². The quantitative estimate of drug-likeness (QED) is 0.521. The topological polar surface area (TPSA) is 102 Å². The fraction of sp³-hybridized carbons (Fsp3) is 0.333. The minimum Gasteiger partial charge on any atom is -0.465 e. The van der Waals surface area contributed by atoms with Crippen molar-refractivity contribution in [2.24, 2.45) is 0 Å². The molecule has 1 N–H and O–H groups in total. The van der Waals surface area contributed by atoms with E-state index in [1.54, 1.807) is 49.1 Å². The Bertz CT molecular complexity index is 1170. The normalized spacial score (nSPS) is 13.9. The van der Waals surface area contributed by atoms with Crippen LogP contribution in [0.2, 0.25) is 0 Å². The zero-order valence-electron chi connectivity index (χ0n) is 18.7. The molecule has 1 saturated heterocycles. The van der Waals surface area contributed by atoms with Gasteiger partial charge in [-0.2, -0.15) is 0 Å². The van der Waals surface area contributed by atoms with Gasteiger partial charge in [-0.05, 0) is 56.7 Å². The number of aliphatic hydroxyl groups is 1. The monoisotopic (exact) mass is 467 g/mol. The van der Waals surface area contributed by atoms with Crippen molar-refractivity contribution in [3.63, 3.8) is 0 Å². The number of benzene rings is 2. The SMILES string of the molecule is COC(=O)c1ccc(CN2CCCC2=O)c(Oc2ccc(-c3nnc(C(C)(C)O)s3)cc2)c1. The average molecular weight is 468 g/mol. The van der Waals surface area contributed by atoms with Gasteiger partial charge < -0.3 is 19.5 Å². The Hall–Kier alpha value is -3.30. The summed E-state index contributed by atoms with van der Waals surface area (Å²) >= 11 is 1.33. The van der Waals surface area contributed by atoms with Crippen LogP contribution in [0.25, 0.3) is 10.6 Å². The second kappa shape index (κ2) is 9.29. The molecule has 0 unspecified atom stereocenters. The molecule has 0 atom stereocenters. The van der Waals surface area contributed by atoms with E-state index in [-0.39, 0.29) is 5.91 Å². The number of methoxy groups -OCH3 is 1. The third-order valence-corrected chi connectivity index (χ3v) is 6.58. The molecular weight excluding hydrogens is 442 g/mol. The zero-order chi connectivity index (χ0) is 23.6. The smallest absolute Gasteiger partial charge is 0.337 e. The minimum atomic E-state index is -1.04. The van der Waals surface area contributed by atoms with E-state index in [2.05, 4.69) is 10.2 Å². The minimum absolute atomic E-state index is 0.116. The molecule has 2 aromatic carbocycles. The third-order valence-electron chi connectivity index (χ3n) is 5.30. The summed E-state index contributed by atoms with van der Waals surface area (Å²) in [6, 6.07) is 12.4. The molecule has 0 spiro atoms. The molecule has 1 fully saturated rings. The van der Waals surface area contributed by atoms with Gasteiger partial charge in [-0.1, -0.05) is 17.4 Å². The lowest BCUT2D eigenvalue weighted by Gasteiger charge is -2.19. The molecule has 0 bridgehead atoms. The molecule has 2 heterocycles. The Labute approximate surface area is 195 Å². The largest absolute Gasteiger partial charge is 0.465 e. The van der Waals surface area contributed by atoms with Gasteiger partial charge in [0.1, 0.15) is 27.1 Å². The Kier molecular flexibility index (Phi) is 6.44. The van der Waals surface area contributed by atoms with Crippen LogP contribution in [0.15, 0.2) is 42.5 Å². The highest BCUT2D eigenvalue weighted by molar-refractivity contribution is 7.14. The number of likely N-dealkylation sites (tertiary alicyclic amines) is 1. The van der Waals surface area contributed by atoms with Crippen LogP contribution in [0.4, 0.5) is 0 Å². The van der Waals surface area contributed by atoms with Crippen LogP contribution in [0.5, 0.6) is 11.5 Å². The van der Waals surface area contributed by atoms with E-state index in [9.17, 15) is 14.7 Å². The molecule has 8 nitrogen and oxygen atoms in total. The molecule has 172 valence electrons. The number of hydrogen-bond acceptors (Lipinski definition) is 8. The first-order chi connectivity index (χ1) is 15.7. The lowest BCUT2D eigenvalue weighted by atomic mass is 10.1. The standard InChI is InChI=1S/C24H25N3O5S/c1-24(2,30)23-26-25-21(33-23)15-8-10-18(11-9-15)32-19-13-16(22(29)31-3)6-7-17(19)14-27-12-4-5-20(27)28/h6-11,13,30H,4-5,12,14H2,1-3H3. The number of carbonyl (C=O) groups is 2. The van der Waals surface area contributed by atoms with Gasteiger partial charge in [0.15, 0.2) is 0 Å². The lowest BCUT2D eigenvalue weighted by Crippen LogP contribution is -2.24. The van der Waals surface area contributed by atoms with E-state index < -0.39 is 11.6 Å². The molecule has 1 aromatic heterocycles. The van der Waals surface area contributed by atoms with Gasteiger partial charge in [-0.15, -0.1) is 10.2 Å². The van der Waals surface area contributed by atoms with Crippen LogP contribution in [0.1, 0.15) is 47.6 Å². The molecule has 0 saturated carbocycles. The van der Waals surface area contributed by atoms with E-state index in [1.165, 1.54) is 18.4 Å². The van der Waals surface area contributed by atoms with E-state index >= 15 is 0 Å². The van der Waals surface area contributed by atoms with Crippen LogP contribution < -0.4 is 4.74 Å². The molecule has 1 aliphatic rings. The van der Waals surface area contributed by atoms with Crippen molar-refractivity contribution in [3.05, 3.63) is 58.6 Å². The summed E-state index contributed by atoms with van der Waals surface area (Å²) in [5.41, 5.74) is 0.979. The maximum atomic E-state index is 12.1. The van der Waals surface area contributed by atoms with Crippen molar-refractivity contribution >= 4 is 23.2 Å². The maximum absolute atomic E-state index is 12.1. The van der Waals surface area contributed by atoms with E-state index in [0.29, 0.717) is 46.6 Å². The third kappa shape index (κ3) is 5.20. The molecular formula is C24H25N3O5S. The molecule has 0 aliphatic carbocycles. The predicted octanol–water partition coefficient (Wildman–Crippen LogP) is 4.13. The Morgan fingerprint density at radius 3 is 2.55 bits per heavy atom. The first-order valence-electron chi connectivity index (χ1n) is 10.6. The maximum Gasteiger partial charge on any atom is 0.337 e. The molecule has 33 heavy (non-hydrogen) atoms. The Morgan fingerprint density at radius 1 is 1.18 bits per heavy atom. The summed E-state index contributed by atoms with van der Waals surface area (Å²) in [7, 11) is 1.33. The zero-order valence-corrected chi connectivity index (χ0v) is 19.5. The molecule has 9 heteroatoms. The van der Waals surface area contributed by atoms with E-state index in [4.69, 9.17) is 9.47 Å². The number of rotatable bonds is 7. The van der Waals surface area contributed by atoms with Crippen LogP contribution in [0.3, 0.4) is 0 Å². The van der Waals surface area contributed by atoms with Gasteiger partial charge >= 0.3 is 5.97 Å². The number of esters is 1. The summed E-state index contributed by atoms with van der Waals surface area (Å²) in [6.45, 7) is 4.46. The molecule has 3 aromatic rings. The highest BCUT2D eigenvalue weighted by Gasteiger charge is 2.23. The number of ether oxygens (including phenoxy) is 2. The highest BCUT2D eigenvalue weighted by Crippen LogP contribution is 2.33. The molecule has 0 radical (unpaired) electrons. The van der Waals surface area contributed by atoms with Crippen molar-refractivity contribution in [1.82, 2.24) is 15.1 Å². The number of amides is 1. The van der Waals surface area contributed by atoms with Crippen molar-refractivity contribution in [1.29, 1.82) is 0 Å². The summed E-state index contributed by atoms with van der Waals surface area (Å²) in [5, 5.41) is 19.6. The van der Waals surface area contributed by atoms with Crippen LogP contribution in [-0.2, 0) is 21.7 Å². The van der Waals surface area contributed by atoms with Gasteiger partial charge in [0.2, 0.25) is 5.91 Å². The second-order valence-electron chi connectivity index (χ2n) is 8.33. The van der Waals surface area contributed by atoms with Crippen molar-refractivity contribution in [3.8, 4) is 22.1 Å². The Morgan fingerprint density at radius 2 is 1.94 bits per heavy atom. The van der Waals surface area contributed by atoms with E-state index in [1.807, 2.05) is 12.1 Å². The number of carbonyl (C=O) groups excluding carboxylic acids is 2. The summed E-state index contributed by atoms with van der Waals surface area (Å²) in [5.74, 6) is 0.718. The summed E-state index contributed by atoms with van der Waals surface area (Å²) in [4.78, 5) is 25.9.